The van der Waals surface area contributed by atoms with E-state index >= 15 is 0 Å². The Bertz CT molecular complexity index is 322. The molecule has 0 amide bonds. The van der Waals surface area contributed by atoms with Crippen LogP contribution in [0.15, 0.2) is 6.07 Å². The zero-order valence-corrected chi connectivity index (χ0v) is 9.74. The molecule has 2 N–H and O–H groups in total. The Hall–Kier alpha value is -0.830. The molecule has 0 radical (unpaired) electrons. The molecule has 2 rings (SSSR count). The van der Waals surface area contributed by atoms with E-state index in [1.54, 1.807) is 0 Å². The summed E-state index contributed by atoms with van der Waals surface area (Å²) >= 11 is 0. The van der Waals surface area contributed by atoms with Gasteiger partial charge in [0.15, 0.2) is 0 Å². The van der Waals surface area contributed by atoms with Crippen LogP contribution in [0.4, 0.5) is 0 Å². The van der Waals surface area contributed by atoms with Gasteiger partial charge in [0.2, 0.25) is 0 Å². The largest absolute Gasteiger partial charge is 0.328 e. The molecular formula is C12H21N3. The van der Waals surface area contributed by atoms with Gasteiger partial charge in [-0.25, -0.2) is 0 Å². The lowest BCUT2D eigenvalue weighted by Gasteiger charge is -2.07. The summed E-state index contributed by atoms with van der Waals surface area (Å²) in [6.07, 6.45) is 6.30. The van der Waals surface area contributed by atoms with Crippen LogP contribution in [0.1, 0.15) is 49.9 Å². The Morgan fingerprint density at radius 3 is 2.80 bits per heavy atom. The first-order chi connectivity index (χ1) is 7.16. The van der Waals surface area contributed by atoms with Crippen molar-refractivity contribution >= 4 is 0 Å². The van der Waals surface area contributed by atoms with Crippen molar-refractivity contribution in [2.24, 2.45) is 12.8 Å². The minimum absolute atomic E-state index is 0.205. The maximum absolute atomic E-state index is 5.79. The van der Waals surface area contributed by atoms with E-state index in [0.717, 1.165) is 18.0 Å². The quantitative estimate of drug-likeness (QED) is 0.823. The Morgan fingerprint density at radius 2 is 2.20 bits per heavy atom. The molecule has 0 aliphatic heterocycles. The highest BCUT2D eigenvalue weighted by atomic mass is 15.3. The minimum atomic E-state index is 0.205. The van der Waals surface area contributed by atoms with Gasteiger partial charge in [0.05, 0.1) is 5.69 Å². The summed E-state index contributed by atoms with van der Waals surface area (Å²) in [5.74, 6) is 0.740. The fraction of sp³-hybridized carbons (Fsp3) is 0.750. The standard InChI is InChI=1S/C12H21N3/c1-9(13)7-11-8-12(15(2)14-11)10-5-3-4-6-10/h8-10H,3-7,13H2,1-2H3. The lowest BCUT2D eigenvalue weighted by Crippen LogP contribution is -2.18. The molecule has 0 spiro atoms. The van der Waals surface area contributed by atoms with Crippen molar-refractivity contribution < 1.29 is 0 Å². The van der Waals surface area contributed by atoms with E-state index in [4.69, 9.17) is 5.73 Å². The normalized spacial score (nSPS) is 19.7. The molecule has 1 unspecified atom stereocenters. The zero-order chi connectivity index (χ0) is 10.8. The summed E-state index contributed by atoms with van der Waals surface area (Å²) in [6, 6.07) is 2.45. The van der Waals surface area contributed by atoms with Crippen LogP contribution in [0, 0.1) is 0 Å². The van der Waals surface area contributed by atoms with Gasteiger partial charge < -0.3 is 5.73 Å². The minimum Gasteiger partial charge on any atom is -0.328 e. The fourth-order valence-electron chi connectivity index (χ4n) is 2.58. The van der Waals surface area contributed by atoms with Gasteiger partial charge in [-0.2, -0.15) is 5.10 Å². The molecule has 1 atom stereocenters. The summed E-state index contributed by atoms with van der Waals surface area (Å²) in [4.78, 5) is 0. The van der Waals surface area contributed by atoms with Crippen molar-refractivity contribution in [3.05, 3.63) is 17.5 Å². The van der Waals surface area contributed by atoms with E-state index in [0.29, 0.717) is 0 Å². The monoisotopic (exact) mass is 207 g/mol. The summed E-state index contributed by atoms with van der Waals surface area (Å²) in [6.45, 7) is 2.03. The van der Waals surface area contributed by atoms with E-state index in [2.05, 4.69) is 18.2 Å². The van der Waals surface area contributed by atoms with Gasteiger partial charge in [-0.15, -0.1) is 0 Å². The predicted molar refractivity (Wildman–Crippen MR) is 61.8 cm³/mol. The SMILES string of the molecule is CC(N)Cc1cc(C2CCCC2)n(C)n1. The molecule has 1 saturated carbocycles. The van der Waals surface area contributed by atoms with Crippen molar-refractivity contribution in [2.45, 2.75) is 51.0 Å². The second-order valence-corrected chi connectivity index (χ2v) is 4.85. The molecule has 1 heterocycles. The number of aromatic nitrogens is 2. The van der Waals surface area contributed by atoms with E-state index in [1.165, 1.54) is 31.4 Å². The number of aryl methyl sites for hydroxylation is 1. The third-order valence-corrected chi connectivity index (χ3v) is 3.27. The Morgan fingerprint density at radius 1 is 1.53 bits per heavy atom. The molecule has 1 aliphatic rings. The van der Waals surface area contributed by atoms with Gasteiger partial charge in [-0.05, 0) is 25.8 Å². The topological polar surface area (TPSA) is 43.8 Å². The van der Waals surface area contributed by atoms with Gasteiger partial charge in [-0.3, -0.25) is 4.68 Å². The molecule has 3 nitrogen and oxygen atoms in total. The number of rotatable bonds is 3. The van der Waals surface area contributed by atoms with Crippen LogP contribution in [0.2, 0.25) is 0 Å². The zero-order valence-electron chi connectivity index (χ0n) is 9.74. The van der Waals surface area contributed by atoms with Crippen LogP contribution in [0.25, 0.3) is 0 Å². The van der Waals surface area contributed by atoms with Crippen LogP contribution in [-0.2, 0) is 13.5 Å². The van der Waals surface area contributed by atoms with Gasteiger partial charge in [0, 0.05) is 31.1 Å². The van der Waals surface area contributed by atoms with E-state index < -0.39 is 0 Å². The number of hydrogen-bond acceptors (Lipinski definition) is 2. The molecule has 1 aliphatic carbocycles. The van der Waals surface area contributed by atoms with Crippen molar-refractivity contribution in [1.82, 2.24) is 9.78 Å². The second kappa shape index (κ2) is 4.35. The third-order valence-electron chi connectivity index (χ3n) is 3.27. The number of nitrogens with two attached hydrogens (primary N) is 1. The van der Waals surface area contributed by atoms with Crippen LogP contribution in [-0.4, -0.2) is 15.8 Å². The predicted octanol–water partition coefficient (Wildman–Crippen LogP) is 1.97. The third kappa shape index (κ3) is 2.40. The summed E-state index contributed by atoms with van der Waals surface area (Å²) < 4.78 is 2.05. The maximum atomic E-state index is 5.79. The van der Waals surface area contributed by atoms with E-state index in [1.807, 2.05) is 11.6 Å². The molecule has 15 heavy (non-hydrogen) atoms. The average Bonchev–Trinajstić information content (AvgIpc) is 2.72. The van der Waals surface area contributed by atoms with Crippen molar-refractivity contribution in [1.29, 1.82) is 0 Å². The molecule has 84 valence electrons. The molecule has 1 aromatic rings. The summed E-state index contributed by atoms with van der Waals surface area (Å²) in [5, 5.41) is 4.53. The first kappa shape index (κ1) is 10.7. The lowest BCUT2D eigenvalue weighted by atomic mass is 10.0. The smallest absolute Gasteiger partial charge is 0.0642 e. The number of hydrogen-bond donors (Lipinski definition) is 1. The van der Waals surface area contributed by atoms with Gasteiger partial charge in [0.1, 0.15) is 0 Å². The first-order valence-corrected chi connectivity index (χ1v) is 5.95. The van der Waals surface area contributed by atoms with Crippen LogP contribution in [0.3, 0.4) is 0 Å². The molecule has 0 saturated heterocycles. The highest BCUT2D eigenvalue weighted by Gasteiger charge is 2.20. The van der Waals surface area contributed by atoms with Crippen LogP contribution < -0.4 is 5.73 Å². The molecule has 1 aromatic heterocycles. The highest BCUT2D eigenvalue weighted by Crippen LogP contribution is 2.34. The molecule has 0 bridgehead atoms. The Labute approximate surface area is 91.7 Å². The molecule has 0 aromatic carbocycles. The Balaban J connectivity index is 2.13. The van der Waals surface area contributed by atoms with Gasteiger partial charge >= 0.3 is 0 Å². The first-order valence-electron chi connectivity index (χ1n) is 5.95. The van der Waals surface area contributed by atoms with Crippen molar-refractivity contribution in [3.63, 3.8) is 0 Å². The van der Waals surface area contributed by atoms with Gasteiger partial charge in [0.25, 0.3) is 0 Å². The van der Waals surface area contributed by atoms with E-state index in [9.17, 15) is 0 Å². The van der Waals surface area contributed by atoms with Crippen molar-refractivity contribution in [2.75, 3.05) is 0 Å². The molecule has 1 fully saturated rings. The second-order valence-electron chi connectivity index (χ2n) is 4.85. The van der Waals surface area contributed by atoms with E-state index in [-0.39, 0.29) is 6.04 Å². The van der Waals surface area contributed by atoms with Crippen molar-refractivity contribution in [3.8, 4) is 0 Å². The molecular weight excluding hydrogens is 186 g/mol. The molecule has 3 heteroatoms. The van der Waals surface area contributed by atoms with Crippen LogP contribution in [0.5, 0.6) is 0 Å². The average molecular weight is 207 g/mol. The Kier molecular flexibility index (Phi) is 3.10. The highest BCUT2D eigenvalue weighted by molar-refractivity contribution is 5.16. The lowest BCUT2D eigenvalue weighted by molar-refractivity contribution is 0.610. The van der Waals surface area contributed by atoms with Gasteiger partial charge in [-0.1, -0.05) is 12.8 Å². The maximum Gasteiger partial charge on any atom is 0.0642 e. The summed E-state index contributed by atoms with van der Waals surface area (Å²) in [7, 11) is 2.05. The fourth-order valence-corrected chi connectivity index (χ4v) is 2.58. The summed E-state index contributed by atoms with van der Waals surface area (Å²) in [5.41, 5.74) is 8.34. The number of nitrogens with zero attached hydrogens (tertiary/aromatic N) is 2. The van der Waals surface area contributed by atoms with Crippen LogP contribution >= 0.6 is 0 Å².